The minimum atomic E-state index is -0.632. The van der Waals surface area contributed by atoms with Crippen molar-refractivity contribution >= 4 is 11.9 Å². The lowest BCUT2D eigenvalue weighted by Crippen LogP contribution is -2.39. The summed E-state index contributed by atoms with van der Waals surface area (Å²) in [6.07, 6.45) is 0. The molecule has 0 aliphatic heterocycles. The van der Waals surface area contributed by atoms with Crippen LogP contribution >= 0.6 is 0 Å². The topological polar surface area (TPSA) is 55.4 Å². The zero-order valence-electron chi connectivity index (χ0n) is 9.40. The molecular formula is C12H15NO3. The number of nitrogens with one attached hydrogen (secondary N) is 1. The summed E-state index contributed by atoms with van der Waals surface area (Å²) in [7, 11) is 0. The molecule has 0 aliphatic carbocycles. The molecule has 4 nitrogen and oxygen atoms in total. The molecule has 0 saturated heterocycles. The molecule has 86 valence electrons. The number of hydrogen-bond donors (Lipinski definition) is 1. The first-order valence-corrected chi connectivity index (χ1v) is 5.17. The summed E-state index contributed by atoms with van der Waals surface area (Å²) in [5.41, 5.74) is 0.527. The van der Waals surface area contributed by atoms with Crippen LogP contribution in [0.15, 0.2) is 30.3 Å². The third-order valence-electron chi connectivity index (χ3n) is 2.02. The standard InChI is InChI=1S/C12H15NO3/c1-3-16-12(15)9(2)13-11(14)10-7-5-4-6-8-10/h4-9H,3H2,1-2H3,(H,13,14)/t9-/m0/s1. The fourth-order valence-electron chi connectivity index (χ4n) is 1.20. The molecule has 0 radical (unpaired) electrons. The maximum Gasteiger partial charge on any atom is 0.328 e. The number of amides is 1. The molecule has 0 heterocycles. The molecule has 16 heavy (non-hydrogen) atoms. The first-order valence-electron chi connectivity index (χ1n) is 5.17. The number of benzene rings is 1. The molecular weight excluding hydrogens is 206 g/mol. The van der Waals surface area contributed by atoms with Crippen molar-refractivity contribution in [2.45, 2.75) is 19.9 Å². The Kier molecular flexibility index (Phi) is 4.51. The van der Waals surface area contributed by atoms with Gasteiger partial charge in [-0.1, -0.05) is 18.2 Å². The smallest absolute Gasteiger partial charge is 0.328 e. The van der Waals surface area contributed by atoms with Gasteiger partial charge in [-0.2, -0.15) is 0 Å². The van der Waals surface area contributed by atoms with Crippen molar-refractivity contribution < 1.29 is 14.3 Å². The van der Waals surface area contributed by atoms with Gasteiger partial charge in [0.1, 0.15) is 6.04 Å². The summed E-state index contributed by atoms with van der Waals surface area (Å²) in [4.78, 5) is 22.9. The molecule has 1 aromatic rings. The molecule has 1 atom stereocenters. The van der Waals surface area contributed by atoms with E-state index in [2.05, 4.69) is 5.32 Å². The van der Waals surface area contributed by atoms with E-state index in [4.69, 9.17) is 4.74 Å². The van der Waals surface area contributed by atoms with E-state index >= 15 is 0 Å². The van der Waals surface area contributed by atoms with Crippen LogP contribution in [0.2, 0.25) is 0 Å². The quantitative estimate of drug-likeness (QED) is 0.781. The van der Waals surface area contributed by atoms with Gasteiger partial charge in [0, 0.05) is 5.56 Å². The highest BCUT2D eigenvalue weighted by Gasteiger charge is 2.16. The number of carbonyl (C=O) groups is 2. The highest BCUT2D eigenvalue weighted by Crippen LogP contribution is 1.99. The summed E-state index contributed by atoms with van der Waals surface area (Å²) < 4.78 is 4.79. The SMILES string of the molecule is CCOC(=O)[C@H](C)NC(=O)c1ccccc1. The summed E-state index contributed by atoms with van der Waals surface area (Å²) in [6.45, 7) is 3.63. The van der Waals surface area contributed by atoms with Crippen LogP contribution < -0.4 is 5.32 Å². The molecule has 4 heteroatoms. The third-order valence-corrected chi connectivity index (χ3v) is 2.02. The Labute approximate surface area is 94.6 Å². The van der Waals surface area contributed by atoms with Crippen LogP contribution in [0.3, 0.4) is 0 Å². The molecule has 0 spiro atoms. The molecule has 1 aromatic carbocycles. The molecule has 0 aliphatic rings. The Morgan fingerprint density at radius 1 is 1.31 bits per heavy atom. The maximum absolute atomic E-state index is 11.6. The number of ether oxygens (including phenoxy) is 1. The average Bonchev–Trinajstić information content (AvgIpc) is 2.30. The zero-order chi connectivity index (χ0) is 12.0. The predicted molar refractivity (Wildman–Crippen MR) is 60.0 cm³/mol. The molecule has 1 N–H and O–H groups in total. The third kappa shape index (κ3) is 3.38. The monoisotopic (exact) mass is 221 g/mol. The molecule has 0 aromatic heterocycles. The predicted octanol–water partition coefficient (Wildman–Crippen LogP) is 1.37. The van der Waals surface area contributed by atoms with E-state index in [-0.39, 0.29) is 5.91 Å². The van der Waals surface area contributed by atoms with E-state index < -0.39 is 12.0 Å². The number of carbonyl (C=O) groups excluding carboxylic acids is 2. The largest absolute Gasteiger partial charge is 0.464 e. The second kappa shape index (κ2) is 5.90. The van der Waals surface area contributed by atoms with E-state index in [1.165, 1.54) is 0 Å². The minimum Gasteiger partial charge on any atom is -0.464 e. The summed E-state index contributed by atoms with van der Waals surface area (Å²) in [6, 6.07) is 8.10. The van der Waals surface area contributed by atoms with Crippen molar-refractivity contribution in [1.82, 2.24) is 5.32 Å². The van der Waals surface area contributed by atoms with Crippen LogP contribution in [0.5, 0.6) is 0 Å². The lowest BCUT2D eigenvalue weighted by molar-refractivity contribution is -0.144. The van der Waals surface area contributed by atoms with E-state index in [0.29, 0.717) is 12.2 Å². The molecule has 1 rings (SSSR count). The Balaban J connectivity index is 2.55. The van der Waals surface area contributed by atoms with Crippen molar-refractivity contribution in [3.8, 4) is 0 Å². The van der Waals surface area contributed by atoms with Crippen LogP contribution in [-0.4, -0.2) is 24.5 Å². The molecule has 0 unspecified atom stereocenters. The minimum absolute atomic E-state index is 0.277. The Morgan fingerprint density at radius 3 is 2.50 bits per heavy atom. The molecule has 1 amide bonds. The number of rotatable bonds is 4. The average molecular weight is 221 g/mol. The van der Waals surface area contributed by atoms with E-state index in [1.54, 1.807) is 38.1 Å². The Hall–Kier alpha value is -1.84. The van der Waals surface area contributed by atoms with Crippen molar-refractivity contribution in [1.29, 1.82) is 0 Å². The maximum atomic E-state index is 11.6. The molecule has 0 saturated carbocycles. The number of esters is 1. The van der Waals surface area contributed by atoms with Crippen LogP contribution in [0.4, 0.5) is 0 Å². The van der Waals surface area contributed by atoms with Gasteiger partial charge in [-0.05, 0) is 26.0 Å². The van der Waals surface area contributed by atoms with Gasteiger partial charge in [-0.25, -0.2) is 4.79 Å². The Bertz CT molecular complexity index is 362. The molecule has 0 fully saturated rings. The van der Waals surface area contributed by atoms with Gasteiger partial charge >= 0.3 is 5.97 Å². The van der Waals surface area contributed by atoms with Crippen LogP contribution in [0.25, 0.3) is 0 Å². The van der Waals surface area contributed by atoms with Crippen molar-refractivity contribution in [2.24, 2.45) is 0 Å². The van der Waals surface area contributed by atoms with Crippen LogP contribution in [0, 0.1) is 0 Å². The fraction of sp³-hybridized carbons (Fsp3) is 0.333. The van der Waals surface area contributed by atoms with Gasteiger partial charge in [0.05, 0.1) is 6.61 Å². The Morgan fingerprint density at radius 2 is 1.94 bits per heavy atom. The summed E-state index contributed by atoms with van der Waals surface area (Å²) in [5, 5.41) is 2.57. The van der Waals surface area contributed by atoms with Crippen molar-refractivity contribution in [2.75, 3.05) is 6.61 Å². The highest BCUT2D eigenvalue weighted by atomic mass is 16.5. The van der Waals surface area contributed by atoms with Gasteiger partial charge in [0.25, 0.3) is 5.91 Å². The highest BCUT2D eigenvalue weighted by molar-refractivity contribution is 5.96. The van der Waals surface area contributed by atoms with E-state index in [1.807, 2.05) is 6.07 Å². The van der Waals surface area contributed by atoms with Crippen molar-refractivity contribution in [3.05, 3.63) is 35.9 Å². The summed E-state index contributed by atoms with van der Waals surface area (Å²) in [5.74, 6) is -0.701. The van der Waals surface area contributed by atoms with Gasteiger partial charge in [0.2, 0.25) is 0 Å². The van der Waals surface area contributed by atoms with E-state index in [0.717, 1.165) is 0 Å². The summed E-state index contributed by atoms with van der Waals surface area (Å²) >= 11 is 0. The van der Waals surface area contributed by atoms with Gasteiger partial charge in [-0.15, -0.1) is 0 Å². The lowest BCUT2D eigenvalue weighted by atomic mass is 10.2. The zero-order valence-corrected chi connectivity index (χ0v) is 9.40. The lowest BCUT2D eigenvalue weighted by Gasteiger charge is -2.12. The van der Waals surface area contributed by atoms with E-state index in [9.17, 15) is 9.59 Å². The van der Waals surface area contributed by atoms with Gasteiger partial charge in [-0.3, -0.25) is 4.79 Å². The van der Waals surface area contributed by atoms with Crippen molar-refractivity contribution in [3.63, 3.8) is 0 Å². The normalized spacial score (nSPS) is 11.6. The molecule has 0 bridgehead atoms. The number of hydrogen-bond acceptors (Lipinski definition) is 3. The second-order valence-corrected chi connectivity index (χ2v) is 3.31. The van der Waals surface area contributed by atoms with Crippen LogP contribution in [0.1, 0.15) is 24.2 Å². The van der Waals surface area contributed by atoms with Crippen LogP contribution in [-0.2, 0) is 9.53 Å². The van der Waals surface area contributed by atoms with Gasteiger partial charge in [0.15, 0.2) is 0 Å². The second-order valence-electron chi connectivity index (χ2n) is 3.31. The fourth-order valence-corrected chi connectivity index (χ4v) is 1.20. The first kappa shape index (κ1) is 12.2. The first-order chi connectivity index (χ1) is 7.65. The van der Waals surface area contributed by atoms with Gasteiger partial charge < -0.3 is 10.1 Å².